The summed E-state index contributed by atoms with van der Waals surface area (Å²) in [5, 5.41) is 22.7. The molecule has 0 amide bonds. The van der Waals surface area contributed by atoms with Crippen LogP contribution in [0.3, 0.4) is 0 Å². The SMILES string of the molecule is CC(N[C@H](CO)Cc1ccccc1)c1ccccc1O. The molecule has 0 radical (unpaired) electrons. The number of hydrogen-bond acceptors (Lipinski definition) is 3. The highest BCUT2D eigenvalue weighted by Gasteiger charge is 2.15. The molecular formula is C17H21NO2. The van der Waals surface area contributed by atoms with Gasteiger partial charge in [-0.15, -0.1) is 0 Å². The fourth-order valence-corrected chi connectivity index (χ4v) is 2.37. The molecule has 0 aliphatic rings. The van der Waals surface area contributed by atoms with Crippen LogP contribution in [-0.4, -0.2) is 22.9 Å². The summed E-state index contributed by atoms with van der Waals surface area (Å²) in [6.45, 7) is 2.05. The summed E-state index contributed by atoms with van der Waals surface area (Å²) in [7, 11) is 0. The van der Waals surface area contributed by atoms with Crippen LogP contribution < -0.4 is 5.32 Å². The molecule has 2 atom stereocenters. The molecule has 2 rings (SSSR count). The summed E-state index contributed by atoms with van der Waals surface area (Å²) in [5.74, 6) is 0.281. The summed E-state index contributed by atoms with van der Waals surface area (Å²) in [6.07, 6.45) is 0.759. The molecule has 1 unspecified atom stereocenters. The second-order valence-corrected chi connectivity index (χ2v) is 5.02. The van der Waals surface area contributed by atoms with E-state index in [1.165, 1.54) is 5.56 Å². The van der Waals surface area contributed by atoms with Crippen LogP contribution in [0.25, 0.3) is 0 Å². The Bertz CT molecular complexity index is 528. The Morgan fingerprint density at radius 1 is 1.00 bits per heavy atom. The molecule has 20 heavy (non-hydrogen) atoms. The van der Waals surface area contributed by atoms with E-state index in [2.05, 4.69) is 17.4 Å². The quantitative estimate of drug-likeness (QED) is 0.757. The van der Waals surface area contributed by atoms with Gasteiger partial charge in [-0.25, -0.2) is 0 Å². The lowest BCUT2D eigenvalue weighted by atomic mass is 10.0. The van der Waals surface area contributed by atoms with Crippen molar-refractivity contribution in [2.45, 2.75) is 25.4 Å². The molecule has 0 fully saturated rings. The Balaban J connectivity index is 2.01. The van der Waals surface area contributed by atoms with E-state index in [1.54, 1.807) is 12.1 Å². The van der Waals surface area contributed by atoms with Crippen molar-refractivity contribution < 1.29 is 10.2 Å². The molecule has 0 aliphatic carbocycles. The van der Waals surface area contributed by atoms with Crippen LogP contribution in [0.2, 0.25) is 0 Å². The minimum absolute atomic E-state index is 0.0166. The van der Waals surface area contributed by atoms with Crippen LogP contribution in [-0.2, 0) is 6.42 Å². The van der Waals surface area contributed by atoms with Gasteiger partial charge in [-0.1, -0.05) is 48.5 Å². The van der Waals surface area contributed by atoms with E-state index in [1.807, 2.05) is 37.3 Å². The van der Waals surface area contributed by atoms with Gasteiger partial charge in [0.15, 0.2) is 0 Å². The first kappa shape index (κ1) is 14.6. The molecule has 3 heteroatoms. The number of phenols is 1. The highest BCUT2D eigenvalue weighted by molar-refractivity contribution is 5.34. The molecular weight excluding hydrogens is 250 g/mol. The predicted molar refractivity (Wildman–Crippen MR) is 80.7 cm³/mol. The number of phenolic OH excluding ortho intramolecular Hbond substituents is 1. The van der Waals surface area contributed by atoms with Crippen LogP contribution in [0.15, 0.2) is 54.6 Å². The highest BCUT2D eigenvalue weighted by Crippen LogP contribution is 2.23. The van der Waals surface area contributed by atoms with Gasteiger partial charge in [-0.2, -0.15) is 0 Å². The van der Waals surface area contributed by atoms with Crippen LogP contribution >= 0.6 is 0 Å². The fourth-order valence-electron chi connectivity index (χ4n) is 2.37. The lowest BCUT2D eigenvalue weighted by Gasteiger charge is -2.22. The molecule has 106 valence electrons. The van der Waals surface area contributed by atoms with Crippen LogP contribution in [0.1, 0.15) is 24.1 Å². The first-order valence-electron chi connectivity index (χ1n) is 6.89. The number of nitrogens with one attached hydrogen (secondary N) is 1. The maximum Gasteiger partial charge on any atom is 0.120 e. The lowest BCUT2D eigenvalue weighted by Crippen LogP contribution is -2.36. The Labute approximate surface area is 119 Å². The van der Waals surface area contributed by atoms with Gasteiger partial charge in [0, 0.05) is 17.6 Å². The van der Waals surface area contributed by atoms with Gasteiger partial charge < -0.3 is 15.5 Å². The lowest BCUT2D eigenvalue weighted by molar-refractivity contribution is 0.232. The van der Waals surface area contributed by atoms with Gasteiger partial charge in [0.1, 0.15) is 5.75 Å². The van der Waals surface area contributed by atoms with Gasteiger partial charge in [-0.05, 0) is 25.0 Å². The van der Waals surface area contributed by atoms with E-state index in [-0.39, 0.29) is 24.4 Å². The summed E-state index contributed by atoms with van der Waals surface area (Å²) in [5.41, 5.74) is 2.03. The molecule has 0 bridgehead atoms. The monoisotopic (exact) mass is 271 g/mol. The first-order valence-corrected chi connectivity index (χ1v) is 6.89. The van der Waals surface area contributed by atoms with Gasteiger partial charge >= 0.3 is 0 Å². The molecule has 0 aliphatic heterocycles. The number of benzene rings is 2. The number of aliphatic hydroxyl groups excluding tert-OH is 1. The van der Waals surface area contributed by atoms with Gasteiger partial charge in [-0.3, -0.25) is 0 Å². The molecule has 0 spiro atoms. The highest BCUT2D eigenvalue weighted by atomic mass is 16.3. The maximum absolute atomic E-state index is 9.85. The van der Waals surface area contributed by atoms with Crippen molar-refractivity contribution >= 4 is 0 Å². The van der Waals surface area contributed by atoms with E-state index in [0.717, 1.165) is 12.0 Å². The zero-order valence-corrected chi connectivity index (χ0v) is 11.7. The van der Waals surface area contributed by atoms with E-state index >= 15 is 0 Å². The Morgan fingerprint density at radius 3 is 2.30 bits per heavy atom. The van der Waals surface area contributed by atoms with Crippen LogP contribution in [0.4, 0.5) is 0 Å². The van der Waals surface area contributed by atoms with Crippen LogP contribution in [0, 0.1) is 0 Å². The smallest absolute Gasteiger partial charge is 0.120 e. The summed E-state index contributed by atoms with van der Waals surface area (Å²) in [6, 6.07) is 17.3. The second kappa shape index (κ2) is 7.08. The van der Waals surface area contributed by atoms with E-state index in [9.17, 15) is 10.2 Å². The number of hydrogen-bond donors (Lipinski definition) is 3. The van der Waals surface area contributed by atoms with Crippen LogP contribution in [0.5, 0.6) is 5.75 Å². The number of rotatable bonds is 6. The maximum atomic E-state index is 9.85. The van der Waals surface area contributed by atoms with Crippen molar-refractivity contribution in [3.63, 3.8) is 0 Å². The average molecular weight is 271 g/mol. The Hall–Kier alpha value is -1.84. The van der Waals surface area contributed by atoms with Crippen molar-refractivity contribution in [1.82, 2.24) is 5.32 Å². The fraction of sp³-hybridized carbons (Fsp3) is 0.294. The minimum atomic E-state index is -0.0352. The molecule has 3 N–H and O–H groups in total. The predicted octanol–water partition coefficient (Wildman–Crippen LogP) is 2.65. The average Bonchev–Trinajstić information content (AvgIpc) is 2.48. The molecule has 3 nitrogen and oxygen atoms in total. The largest absolute Gasteiger partial charge is 0.508 e. The standard InChI is InChI=1S/C17H21NO2/c1-13(16-9-5-6-10-17(16)20)18-15(12-19)11-14-7-3-2-4-8-14/h2-10,13,15,18-20H,11-12H2,1H3/t13?,15-/m0/s1. The summed E-state index contributed by atoms with van der Waals surface area (Å²) >= 11 is 0. The third-order valence-corrected chi connectivity index (χ3v) is 3.43. The molecule has 0 saturated heterocycles. The number of aliphatic hydroxyl groups is 1. The topological polar surface area (TPSA) is 52.5 Å². The van der Waals surface area contributed by atoms with Crippen molar-refractivity contribution in [1.29, 1.82) is 0 Å². The zero-order valence-electron chi connectivity index (χ0n) is 11.7. The van der Waals surface area contributed by atoms with Gasteiger partial charge in [0.2, 0.25) is 0 Å². The third kappa shape index (κ3) is 3.83. The third-order valence-electron chi connectivity index (χ3n) is 3.43. The molecule has 0 aromatic heterocycles. The zero-order chi connectivity index (χ0) is 14.4. The van der Waals surface area contributed by atoms with E-state index in [4.69, 9.17) is 0 Å². The van der Waals surface area contributed by atoms with Crippen molar-refractivity contribution in [2.75, 3.05) is 6.61 Å². The van der Waals surface area contributed by atoms with E-state index in [0.29, 0.717) is 0 Å². The Morgan fingerprint density at radius 2 is 1.65 bits per heavy atom. The molecule has 2 aromatic rings. The van der Waals surface area contributed by atoms with Crippen molar-refractivity contribution in [2.24, 2.45) is 0 Å². The minimum Gasteiger partial charge on any atom is -0.508 e. The molecule has 0 heterocycles. The number of aromatic hydroxyl groups is 1. The summed E-state index contributed by atoms with van der Waals surface area (Å²) < 4.78 is 0. The van der Waals surface area contributed by atoms with E-state index < -0.39 is 0 Å². The number of para-hydroxylation sites is 1. The van der Waals surface area contributed by atoms with Crippen molar-refractivity contribution in [3.05, 3.63) is 65.7 Å². The van der Waals surface area contributed by atoms with Gasteiger partial charge in [0.25, 0.3) is 0 Å². The Kier molecular flexibility index (Phi) is 5.16. The van der Waals surface area contributed by atoms with Crippen molar-refractivity contribution in [3.8, 4) is 5.75 Å². The molecule has 2 aromatic carbocycles. The molecule has 0 saturated carbocycles. The second-order valence-electron chi connectivity index (χ2n) is 5.02. The summed E-state index contributed by atoms with van der Waals surface area (Å²) in [4.78, 5) is 0. The first-order chi connectivity index (χ1) is 9.70. The van der Waals surface area contributed by atoms with Gasteiger partial charge in [0.05, 0.1) is 6.61 Å². The normalized spacial score (nSPS) is 13.9.